The summed E-state index contributed by atoms with van der Waals surface area (Å²) in [6.07, 6.45) is 5.14. The number of fused-ring (bicyclic) bond motifs is 1. The minimum atomic E-state index is -0.799. The number of esters is 1. The van der Waals surface area contributed by atoms with Gasteiger partial charge in [0.05, 0.1) is 21.1 Å². The van der Waals surface area contributed by atoms with Crippen LogP contribution in [0.2, 0.25) is 0 Å². The Morgan fingerprint density at radius 1 is 0.923 bits per heavy atom. The fourth-order valence-electron chi connectivity index (χ4n) is 7.37. The number of aryl methyl sites for hydroxylation is 1. The van der Waals surface area contributed by atoms with E-state index in [-0.39, 0.29) is 42.2 Å². The van der Waals surface area contributed by atoms with Crippen molar-refractivity contribution in [2.45, 2.75) is 70.5 Å². The van der Waals surface area contributed by atoms with E-state index in [4.69, 9.17) is 4.74 Å². The normalized spacial score (nSPS) is 17.3. The molecule has 3 aromatic carbocycles. The summed E-state index contributed by atoms with van der Waals surface area (Å²) >= 11 is 6.79. The summed E-state index contributed by atoms with van der Waals surface area (Å²) in [6.45, 7) is 4.82. The molecule has 11 nitrogen and oxygen atoms in total. The number of halogens is 2. The third-order valence-corrected chi connectivity index (χ3v) is 11.6. The Balaban J connectivity index is 1.05. The molecule has 3 aliphatic heterocycles. The minimum absolute atomic E-state index is 0.00628. The number of benzene rings is 3. The van der Waals surface area contributed by atoms with Crippen molar-refractivity contribution in [1.82, 2.24) is 20.0 Å². The number of amides is 5. The Hall–Kier alpha value is -4.10. The van der Waals surface area contributed by atoms with Gasteiger partial charge < -0.3 is 35.2 Å². The van der Waals surface area contributed by atoms with E-state index in [2.05, 4.69) is 42.5 Å². The number of urea groups is 2. The molecule has 2 fully saturated rings. The molecule has 5 amide bonds. The maximum atomic E-state index is 14.1. The van der Waals surface area contributed by atoms with Crippen molar-refractivity contribution in [2.24, 2.45) is 5.92 Å². The van der Waals surface area contributed by atoms with Gasteiger partial charge in [-0.2, -0.15) is 0 Å². The lowest BCUT2D eigenvalue weighted by molar-refractivity contribution is -0.134. The van der Waals surface area contributed by atoms with Gasteiger partial charge in [0.25, 0.3) is 0 Å². The van der Waals surface area contributed by atoms with Crippen LogP contribution in [0.5, 0.6) is 5.75 Å². The van der Waals surface area contributed by atoms with Gasteiger partial charge in [-0.3, -0.25) is 4.79 Å². The average molecular weight is 840 g/mol. The molecule has 1 atom stereocenters. The lowest BCUT2D eigenvalue weighted by Gasteiger charge is -2.41. The van der Waals surface area contributed by atoms with Crippen LogP contribution in [0.3, 0.4) is 0 Å². The highest BCUT2D eigenvalue weighted by Gasteiger charge is 2.35. The van der Waals surface area contributed by atoms with Crippen LogP contribution in [0.25, 0.3) is 0 Å². The molecule has 0 aliphatic carbocycles. The van der Waals surface area contributed by atoms with Crippen LogP contribution < -0.4 is 10.6 Å². The number of nitrogens with one attached hydrogen (secondary N) is 2. The number of nitrogens with zero attached hydrogens (tertiary/aromatic N) is 3. The van der Waals surface area contributed by atoms with Crippen molar-refractivity contribution >= 4 is 61.5 Å². The van der Waals surface area contributed by atoms with Crippen molar-refractivity contribution in [3.63, 3.8) is 0 Å². The van der Waals surface area contributed by atoms with Crippen LogP contribution in [0.4, 0.5) is 15.3 Å². The summed E-state index contributed by atoms with van der Waals surface area (Å²) in [5.41, 5.74) is 4.41. The molecule has 0 radical (unpaired) electrons. The third-order valence-electron chi connectivity index (χ3n) is 10.4. The van der Waals surface area contributed by atoms with Crippen molar-refractivity contribution in [1.29, 1.82) is 0 Å². The predicted molar refractivity (Wildman–Crippen MR) is 205 cm³/mol. The van der Waals surface area contributed by atoms with Crippen molar-refractivity contribution < 1.29 is 29.0 Å². The fourth-order valence-corrected chi connectivity index (χ4v) is 8.65. The third kappa shape index (κ3) is 9.09. The first-order chi connectivity index (χ1) is 25.1. The highest BCUT2D eigenvalue weighted by molar-refractivity contribution is 9.11. The number of carbonyl (C=O) groups is 4. The van der Waals surface area contributed by atoms with Crippen molar-refractivity contribution in [3.8, 4) is 5.75 Å². The number of rotatable bonds is 10. The molecule has 3 N–H and O–H groups in total. The first kappa shape index (κ1) is 37.7. The minimum Gasteiger partial charge on any atom is -0.506 e. The summed E-state index contributed by atoms with van der Waals surface area (Å²) in [4.78, 5) is 58.2. The molecule has 3 aromatic rings. The number of aromatic hydroxyl groups is 1. The second-order valence-electron chi connectivity index (χ2n) is 13.8. The highest BCUT2D eigenvalue weighted by atomic mass is 79.9. The molecular formula is C39H45Br2N5O6. The quantitative estimate of drug-likeness (QED) is 0.187. The van der Waals surface area contributed by atoms with Crippen LogP contribution in [-0.4, -0.2) is 88.6 Å². The molecule has 0 aromatic heterocycles. The van der Waals surface area contributed by atoms with Gasteiger partial charge in [0.15, 0.2) is 0 Å². The number of phenols is 1. The molecular weight excluding hydrogens is 794 g/mol. The van der Waals surface area contributed by atoms with Gasteiger partial charge in [-0.15, -0.1) is 0 Å². The molecule has 3 aliphatic rings. The van der Waals surface area contributed by atoms with Gasteiger partial charge in [-0.1, -0.05) is 30.3 Å². The number of piperidine rings is 2. The molecule has 52 heavy (non-hydrogen) atoms. The molecule has 0 spiro atoms. The number of ether oxygens (including phenoxy) is 1. The van der Waals surface area contributed by atoms with Gasteiger partial charge in [-0.25, -0.2) is 14.4 Å². The van der Waals surface area contributed by atoms with E-state index in [1.807, 2.05) is 58.3 Å². The Morgan fingerprint density at radius 2 is 1.58 bits per heavy atom. The Kier molecular flexibility index (Phi) is 12.4. The monoisotopic (exact) mass is 837 g/mol. The molecule has 0 bridgehead atoms. The van der Waals surface area contributed by atoms with Crippen molar-refractivity contribution in [3.05, 3.63) is 91.9 Å². The first-order valence-corrected chi connectivity index (χ1v) is 19.6. The molecule has 2 saturated heterocycles. The predicted octanol–water partition coefficient (Wildman–Crippen LogP) is 7.10. The van der Waals surface area contributed by atoms with E-state index in [0.717, 1.165) is 48.1 Å². The SMILES string of the molecule is CCOC(=O)c1ccc(CCC2CCN(C(=O)[C@@H](Cc3cc(Br)c(O)c(Br)c3)NC(=O)N3CCC(N4Cc5ccccc5NC4=O)CC3)CC2)cc1. The van der Waals surface area contributed by atoms with Crippen LogP contribution in [0.15, 0.2) is 69.6 Å². The summed E-state index contributed by atoms with van der Waals surface area (Å²) < 4.78 is 6.08. The first-order valence-electron chi connectivity index (χ1n) is 18.0. The summed E-state index contributed by atoms with van der Waals surface area (Å²) in [5.74, 6) is 0.0927. The lowest BCUT2D eigenvalue weighted by atomic mass is 9.90. The Morgan fingerprint density at radius 3 is 2.25 bits per heavy atom. The van der Waals surface area contributed by atoms with Crippen molar-refractivity contribution in [2.75, 3.05) is 38.1 Å². The maximum Gasteiger partial charge on any atom is 0.338 e. The maximum absolute atomic E-state index is 14.1. The lowest BCUT2D eigenvalue weighted by Crippen LogP contribution is -2.57. The van der Waals surface area contributed by atoms with Crippen LogP contribution in [0.1, 0.15) is 66.1 Å². The molecule has 3 heterocycles. The largest absolute Gasteiger partial charge is 0.506 e. The summed E-state index contributed by atoms with van der Waals surface area (Å²) in [5, 5.41) is 16.3. The zero-order chi connectivity index (χ0) is 36.8. The van der Waals surface area contributed by atoms with E-state index < -0.39 is 6.04 Å². The zero-order valence-electron chi connectivity index (χ0n) is 29.3. The number of phenolic OH excluding ortho intramolecular Hbond substituents is 1. The van der Waals surface area contributed by atoms with Crippen LogP contribution >= 0.6 is 31.9 Å². The number of likely N-dealkylation sites (tertiary alicyclic amines) is 2. The molecule has 13 heteroatoms. The standard InChI is InChI=1S/C39H45Br2N5O6/c1-2-52-37(49)28-11-9-25(10-12-28)7-8-26-13-17-44(18-14-26)36(48)34(23-27-21-31(40)35(47)32(41)22-27)43-38(50)45-19-15-30(16-20-45)46-24-29-5-3-4-6-33(29)42-39(46)51/h3-6,9-12,21-22,26,30,34,47H,2,7-8,13-20,23-24H2,1H3,(H,42,51)(H,43,50)/t34-/m1/s1. The van der Waals surface area contributed by atoms with Gasteiger partial charge in [0.1, 0.15) is 11.8 Å². The van der Waals surface area contributed by atoms with Gasteiger partial charge in [-0.05, 0) is 130 Å². The van der Waals surface area contributed by atoms with Gasteiger partial charge in [0, 0.05) is 50.9 Å². The Labute approximate surface area is 321 Å². The number of carbonyl (C=O) groups excluding carboxylic acids is 4. The molecule has 276 valence electrons. The van der Waals surface area contributed by atoms with E-state index in [1.165, 1.54) is 0 Å². The average Bonchev–Trinajstić information content (AvgIpc) is 3.16. The summed E-state index contributed by atoms with van der Waals surface area (Å²) in [7, 11) is 0. The summed E-state index contributed by atoms with van der Waals surface area (Å²) in [6, 6.07) is 17.7. The fraction of sp³-hybridized carbons (Fsp3) is 0.436. The molecule has 0 unspecified atom stereocenters. The van der Waals surface area contributed by atoms with Gasteiger partial charge in [0.2, 0.25) is 5.91 Å². The number of anilines is 1. The van der Waals surface area contributed by atoms with E-state index in [1.54, 1.807) is 24.0 Å². The number of para-hydroxylation sites is 1. The highest BCUT2D eigenvalue weighted by Crippen LogP contribution is 2.34. The van der Waals surface area contributed by atoms with E-state index in [0.29, 0.717) is 72.6 Å². The van der Waals surface area contributed by atoms with Gasteiger partial charge >= 0.3 is 18.0 Å². The van der Waals surface area contributed by atoms with Crippen LogP contribution in [0, 0.1) is 5.92 Å². The van der Waals surface area contributed by atoms with E-state index >= 15 is 0 Å². The second kappa shape index (κ2) is 17.2. The molecule has 0 saturated carbocycles. The molecule has 6 rings (SSSR count). The Bertz CT molecular complexity index is 1750. The van der Waals surface area contributed by atoms with E-state index in [9.17, 15) is 24.3 Å². The van der Waals surface area contributed by atoms with Crippen LogP contribution in [-0.2, 0) is 28.9 Å². The zero-order valence-corrected chi connectivity index (χ0v) is 32.5. The smallest absolute Gasteiger partial charge is 0.338 e. The topological polar surface area (TPSA) is 132 Å². The number of hydrogen-bond donors (Lipinski definition) is 3. The second-order valence-corrected chi connectivity index (χ2v) is 15.5. The number of hydrogen-bond acceptors (Lipinski definition) is 6.